The maximum atomic E-state index is 10.7. The summed E-state index contributed by atoms with van der Waals surface area (Å²) in [5.41, 5.74) is 6.19. The van der Waals surface area contributed by atoms with Crippen molar-refractivity contribution < 1.29 is 14.7 Å². The van der Waals surface area contributed by atoms with Crippen molar-refractivity contribution in [3.05, 3.63) is 29.8 Å². The minimum atomic E-state index is -0.800. The first-order valence-corrected chi connectivity index (χ1v) is 6.50. The lowest BCUT2D eigenvalue weighted by molar-refractivity contribution is -0.0431. The quantitative estimate of drug-likeness (QED) is 0.633. The zero-order valence-corrected chi connectivity index (χ0v) is 11.2. The third-order valence-corrected chi connectivity index (χ3v) is 3.26. The third kappa shape index (κ3) is 3.61. The van der Waals surface area contributed by atoms with E-state index in [2.05, 4.69) is 0 Å². The number of urea groups is 1. The predicted octanol–water partition coefficient (Wildman–Crippen LogP) is 2.35. The predicted molar refractivity (Wildman–Crippen MR) is 71.1 cm³/mol. The minimum absolute atomic E-state index is 0.165. The van der Waals surface area contributed by atoms with Crippen LogP contribution in [-0.2, 0) is 0 Å². The Bertz CT molecular complexity index is 445. The molecule has 1 aromatic carbocycles. The second-order valence-corrected chi connectivity index (χ2v) is 5.26. The van der Waals surface area contributed by atoms with Gasteiger partial charge in [0.15, 0.2) is 0 Å². The lowest BCUT2D eigenvalue weighted by Crippen LogP contribution is -2.34. The van der Waals surface area contributed by atoms with E-state index in [9.17, 15) is 10.0 Å². The number of benzene rings is 1. The Kier molecular flexibility index (Phi) is 3.95. The van der Waals surface area contributed by atoms with Gasteiger partial charge in [-0.15, -0.1) is 0 Å². The van der Waals surface area contributed by atoms with E-state index in [1.54, 1.807) is 0 Å². The molecule has 0 heterocycles. The van der Waals surface area contributed by atoms with Crippen molar-refractivity contribution in [3.63, 3.8) is 0 Å². The van der Waals surface area contributed by atoms with Crippen LogP contribution in [0.4, 0.5) is 4.79 Å². The molecule has 2 amide bonds. The summed E-state index contributed by atoms with van der Waals surface area (Å²) in [5, 5.41) is 9.87. The van der Waals surface area contributed by atoms with Gasteiger partial charge in [0.2, 0.25) is 0 Å². The number of amides is 2. The molecule has 0 aliphatic heterocycles. The molecule has 1 aromatic rings. The van der Waals surface area contributed by atoms with Crippen LogP contribution in [0.5, 0.6) is 5.75 Å². The molecule has 0 spiro atoms. The standard InChI is InChI=1S/C14H20N2O3/c1-9(2)19-12-5-3-10(4-6-12)13-7-11(13)8-16(18)14(15)17/h3-6,9,11,13,18H,7-8H2,1-2H3,(H2,15,17)/t11-,13-/m0/s1. The fraction of sp³-hybridized carbons (Fsp3) is 0.500. The van der Waals surface area contributed by atoms with Gasteiger partial charge in [-0.1, -0.05) is 12.1 Å². The number of carbonyl (C=O) groups is 1. The van der Waals surface area contributed by atoms with E-state index in [-0.39, 0.29) is 12.0 Å². The highest BCUT2D eigenvalue weighted by molar-refractivity contribution is 5.70. The Labute approximate surface area is 112 Å². The molecule has 1 aliphatic carbocycles. The van der Waals surface area contributed by atoms with Gasteiger partial charge in [0.25, 0.3) is 0 Å². The highest BCUT2D eigenvalue weighted by atomic mass is 16.5. The molecule has 2 rings (SSSR count). The van der Waals surface area contributed by atoms with Gasteiger partial charge in [-0.2, -0.15) is 0 Å². The number of hydroxylamine groups is 2. The maximum absolute atomic E-state index is 10.7. The summed E-state index contributed by atoms with van der Waals surface area (Å²) < 4.78 is 5.58. The zero-order chi connectivity index (χ0) is 14.0. The van der Waals surface area contributed by atoms with Crippen molar-refractivity contribution >= 4 is 6.03 Å². The molecule has 1 aliphatic rings. The van der Waals surface area contributed by atoms with Gasteiger partial charge >= 0.3 is 6.03 Å². The van der Waals surface area contributed by atoms with E-state index < -0.39 is 6.03 Å². The number of nitrogens with zero attached hydrogens (tertiary/aromatic N) is 1. The Balaban J connectivity index is 1.89. The van der Waals surface area contributed by atoms with Gasteiger partial charge < -0.3 is 10.5 Å². The van der Waals surface area contributed by atoms with Crippen molar-refractivity contribution in [1.29, 1.82) is 0 Å². The van der Waals surface area contributed by atoms with Crippen LogP contribution in [0.25, 0.3) is 0 Å². The van der Waals surface area contributed by atoms with Crippen molar-refractivity contribution in [2.45, 2.75) is 32.3 Å². The number of hydrogen-bond donors (Lipinski definition) is 2. The fourth-order valence-corrected chi connectivity index (χ4v) is 2.24. The Hall–Kier alpha value is -1.75. The topological polar surface area (TPSA) is 75.8 Å². The van der Waals surface area contributed by atoms with Crippen LogP contribution in [-0.4, -0.2) is 29.0 Å². The second kappa shape index (κ2) is 5.48. The number of nitrogens with two attached hydrogens (primary N) is 1. The second-order valence-electron chi connectivity index (χ2n) is 5.26. The van der Waals surface area contributed by atoms with E-state index in [0.717, 1.165) is 12.2 Å². The lowest BCUT2D eigenvalue weighted by atomic mass is 10.1. The van der Waals surface area contributed by atoms with Crippen LogP contribution in [0.1, 0.15) is 31.7 Å². The van der Waals surface area contributed by atoms with E-state index in [0.29, 0.717) is 17.5 Å². The first-order chi connectivity index (χ1) is 8.97. The minimum Gasteiger partial charge on any atom is -0.491 e. The van der Waals surface area contributed by atoms with E-state index in [1.165, 1.54) is 5.56 Å². The monoisotopic (exact) mass is 264 g/mol. The van der Waals surface area contributed by atoms with E-state index in [4.69, 9.17) is 10.5 Å². The van der Waals surface area contributed by atoms with E-state index >= 15 is 0 Å². The Morgan fingerprint density at radius 2 is 2.11 bits per heavy atom. The summed E-state index contributed by atoms with van der Waals surface area (Å²) >= 11 is 0. The summed E-state index contributed by atoms with van der Waals surface area (Å²) in [5.74, 6) is 1.54. The SMILES string of the molecule is CC(C)Oc1ccc([C@@H]2C[C@H]2CN(O)C(N)=O)cc1. The van der Waals surface area contributed by atoms with Crippen LogP contribution in [0, 0.1) is 5.92 Å². The average molecular weight is 264 g/mol. The molecule has 2 atom stereocenters. The summed E-state index contributed by atoms with van der Waals surface area (Å²) in [6.07, 6.45) is 1.13. The molecule has 1 saturated carbocycles. The molecule has 0 radical (unpaired) electrons. The molecule has 0 saturated heterocycles. The molecule has 0 aromatic heterocycles. The van der Waals surface area contributed by atoms with Gasteiger partial charge in [-0.05, 0) is 49.8 Å². The first kappa shape index (κ1) is 13.7. The summed E-state index contributed by atoms with van der Waals surface area (Å²) in [6, 6.07) is 7.18. The third-order valence-electron chi connectivity index (χ3n) is 3.26. The number of ether oxygens (including phenoxy) is 1. The van der Waals surface area contributed by atoms with Gasteiger partial charge in [-0.25, -0.2) is 9.86 Å². The molecular weight excluding hydrogens is 244 g/mol. The van der Waals surface area contributed by atoms with Crippen molar-refractivity contribution in [3.8, 4) is 5.75 Å². The van der Waals surface area contributed by atoms with Gasteiger partial charge in [0.05, 0.1) is 12.6 Å². The van der Waals surface area contributed by atoms with Crippen molar-refractivity contribution in [1.82, 2.24) is 5.06 Å². The van der Waals surface area contributed by atoms with Crippen molar-refractivity contribution in [2.75, 3.05) is 6.54 Å². The van der Waals surface area contributed by atoms with E-state index in [1.807, 2.05) is 38.1 Å². The normalized spacial score (nSPS) is 21.3. The molecule has 104 valence electrons. The summed E-state index contributed by atoms with van der Waals surface area (Å²) in [7, 11) is 0. The van der Waals surface area contributed by atoms with Crippen LogP contribution in [0.15, 0.2) is 24.3 Å². The Morgan fingerprint density at radius 1 is 1.47 bits per heavy atom. The number of hydrogen-bond acceptors (Lipinski definition) is 3. The lowest BCUT2D eigenvalue weighted by Gasteiger charge is -2.12. The average Bonchev–Trinajstić information content (AvgIpc) is 3.08. The summed E-state index contributed by atoms with van der Waals surface area (Å²) in [6.45, 7) is 4.28. The van der Waals surface area contributed by atoms with Gasteiger partial charge in [0, 0.05) is 0 Å². The highest BCUT2D eigenvalue weighted by Crippen LogP contribution is 2.47. The molecule has 3 N–H and O–H groups in total. The molecule has 0 unspecified atom stereocenters. The number of carbonyl (C=O) groups excluding carboxylic acids is 1. The van der Waals surface area contributed by atoms with Gasteiger partial charge in [-0.3, -0.25) is 5.21 Å². The summed E-state index contributed by atoms with van der Waals surface area (Å²) in [4.78, 5) is 10.7. The first-order valence-electron chi connectivity index (χ1n) is 6.50. The fourth-order valence-electron chi connectivity index (χ4n) is 2.24. The molecule has 5 heteroatoms. The molecule has 1 fully saturated rings. The molecule has 5 nitrogen and oxygen atoms in total. The van der Waals surface area contributed by atoms with Crippen LogP contribution >= 0.6 is 0 Å². The van der Waals surface area contributed by atoms with Gasteiger partial charge in [0.1, 0.15) is 5.75 Å². The van der Waals surface area contributed by atoms with Crippen LogP contribution < -0.4 is 10.5 Å². The smallest absolute Gasteiger partial charge is 0.338 e. The maximum Gasteiger partial charge on any atom is 0.338 e. The molecule has 19 heavy (non-hydrogen) atoms. The number of primary amides is 1. The molecular formula is C14H20N2O3. The zero-order valence-electron chi connectivity index (χ0n) is 11.2. The van der Waals surface area contributed by atoms with Crippen molar-refractivity contribution in [2.24, 2.45) is 11.7 Å². The molecule has 0 bridgehead atoms. The van der Waals surface area contributed by atoms with Crippen LogP contribution in [0.3, 0.4) is 0 Å². The highest BCUT2D eigenvalue weighted by Gasteiger charge is 2.39. The largest absolute Gasteiger partial charge is 0.491 e. The van der Waals surface area contributed by atoms with Crippen LogP contribution in [0.2, 0.25) is 0 Å². The number of rotatable bonds is 5. The Morgan fingerprint density at radius 3 is 2.63 bits per heavy atom.